The minimum Gasteiger partial charge on any atom is -0.444 e. The number of hydrogen-bond donors (Lipinski definition) is 3. The molecular weight excluding hydrogens is 1060 g/mol. The average molecular weight is 1120 g/mol. The molecule has 0 saturated carbocycles. The van der Waals surface area contributed by atoms with Crippen molar-refractivity contribution in [2.45, 2.75) is 83.2 Å². The van der Waals surface area contributed by atoms with Crippen molar-refractivity contribution < 1.29 is 48.5 Å². The number of nitrogens with zero attached hydrogens (tertiary/aromatic N) is 5. The Balaban J connectivity index is 0.000000132. The van der Waals surface area contributed by atoms with Gasteiger partial charge in [0.05, 0.1) is 43.3 Å². The molecule has 12 rings (SSSR count). The quantitative estimate of drug-likeness (QED) is 0.149. The number of carbonyl (C=O) groups is 6. The second-order valence-corrected chi connectivity index (χ2v) is 23.1. The number of likely N-dealkylation sites (tertiary alicyclic amines) is 2. The number of ether oxygens (including phenoxy) is 2. The number of allylic oxidation sites excluding steroid dienone is 3. The maximum atomic E-state index is 12.3. The molecule has 0 spiro atoms. The monoisotopic (exact) mass is 1120 g/mol. The largest absolute Gasteiger partial charge is 0.444 e. The van der Waals surface area contributed by atoms with Gasteiger partial charge in [-0.3, -0.25) is 24.1 Å². The van der Waals surface area contributed by atoms with Crippen LogP contribution in [0.3, 0.4) is 0 Å². The van der Waals surface area contributed by atoms with Crippen LogP contribution in [-0.2, 0) is 25.5 Å². The third-order valence-electron chi connectivity index (χ3n) is 13.7. The topological polar surface area (TPSA) is 195 Å². The molecule has 6 aromatic rings. The molecule has 0 atom stereocenters. The summed E-state index contributed by atoms with van der Waals surface area (Å²) >= 11 is 3.41. The lowest BCUT2D eigenvalue weighted by atomic mass is 9.85. The number of fused-ring (bicyclic) bond motifs is 3. The molecule has 3 aromatic heterocycles. The number of Topliss-reactive ketones (excluding diaryl/α,β-unsaturated/α-hetero) is 4. The van der Waals surface area contributed by atoms with Gasteiger partial charge in [-0.2, -0.15) is 0 Å². The van der Waals surface area contributed by atoms with Crippen LogP contribution >= 0.6 is 15.9 Å². The van der Waals surface area contributed by atoms with Crippen molar-refractivity contribution >= 4 is 86.6 Å². The van der Waals surface area contributed by atoms with Gasteiger partial charge in [-0.05, 0) is 135 Å². The van der Waals surface area contributed by atoms with Gasteiger partial charge in [-0.15, -0.1) is 0 Å². The first kappa shape index (κ1) is 55.1. The van der Waals surface area contributed by atoms with Gasteiger partial charge < -0.3 is 43.6 Å². The van der Waals surface area contributed by atoms with Crippen LogP contribution in [-0.4, -0.2) is 120 Å². The molecule has 6 aliphatic rings. The molecule has 17 heteroatoms. The van der Waals surface area contributed by atoms with E-state index in [2.05, 4.69) is 21.2 Å². The molecular formula is C61H63BrN6O10. The summed E-state index contributed by atoms with van der Waals surface area (Å²) in [6.07, 6.45) is 12.1. The van der Waals surface area contributed by atoms with Gasteiger partial charge in [0.1, 0.15) is 22.4 Å². The summed E-state index contributed by atoms with van der Waals surface area (Å²) < 4.78 is 17.0. The summed E-state index contributed by atoms with van der Waals surface area (Å²) in [6.45, 7) is 12.9. The highest BCUT2D eigenvalue weighted by Gasteiger charge is 2.46. The molecule has 404 valence electrons. The van der Waals surface area contributed by atoms with E-state index in [0.717, 1.165) is 60.4 Å². The van der Waals surface area contributed by atoms with Crippen LogP contribution in [0.1, 0.15) is 120 Å². The molecule has 0 radical (unpaired) electrons. The molecule has 0 unspecified atom stereocenters. The van der Waals surface area contributed by atoms with Gasteiger partial charge in [0.15, 0.2) is 23.1 Å². The number of carbonyl (C=O) groups excluding carboxylic acids is 6. The summed E-state index contributed by atoms with van der Waals surface area (Å²) in [6, 6.07) is 34.6. The first-order valence-corrected chi connectivity index (χ1v) is 26.5. The molecule has 2 amide bonds. The summed E-state index contributed by atoms with van der Waals surface area (Å²) in [5.41, 5.74) is 7.13. The zero-order valence-electron chi connectivity index (χ0n) is 44.5. The van der Waals surface area contributed by atoms with Crippen LogP contribution in [0.25, 0.3) is 35.3 Å². The summed E-state index contributed by atoms with van der Waals surface area (Å²) in [5, 5.41) is 24.2. The van der Waals surface area contributed by atoms with E-state index in [9.17, 15) is 39.0 Å². The van der Waals surface area contributed by atoms with E-state index in [-0.39, 0.29) is 49.3 Å². The van der Waals surface area contributed by atoms with Crippen LogP contribution in [0.2, 0.25) is 0 Å². The highest BCUT2D eigenvalue weighted by molar-refractivity contribution is 9.10. The second kappa shape index (κ2) is 22.0. The van der Waals surface area contributed by atoms with Gasteiger partial charge in [0.2, 0.25) is 0 Å². The Morgan fingerprint density at radius 1 is 0.513 bits per heavy atom. The Morgan fingerprint density at radius 2 is 0.859 bits per heavy atom. The zero-order valence-corrected chi connectivity index (χ0v) is 46.1. The number of nitrogens with one attached hydrogen (secondary N) is 1. The molecule has 6 aliphatic heterocycles. The number of aromatic nitrogens is 3. The standard InChI is InChI=1S/C22H24N2O4.C17H16N2O2.C14H10BrNO.C8H13NO3/c1-21(2,3)28-20(26)24-13-22(27,14-24)17-8-6-15(7-9-17)16-11-19(25)18-5-4-10-23(18)12-16;20-16-8-13(9-19-7-1-2-15(16)19)12-3-5-14(6-4-12)17(21)10-18-11-17;15-12-5-3-10(4-6-12)11-8-14(17)13-2-1-7-16(13)9-11;1-8(2,3)12-7(11)9-4-6(10)5-9/h4-10,12,27H,11,13-14H2,1-3H3;1-7,9,18,21H,8,10-11H2;1-7,9H,8H2;4-5H2,1-3H3. The summed E-state index contributed by atoms with van der Waals surface area (Å²) in [4.78, 5) is 72.9. The van der Waals surface area contributed by atoms with Gasteiger partial charge in [-0.25, -0.2) is 9.59 Å². The van der Waals surface area contributed by atoms with E-state index in [1.807, 2.05) is 181 Å². The van der Waals surface area contributed by atoms with E-state index < -0.39 is 34.6 Å². The van der Waals surface area contributed by atoms with Crippen molar-refractivity contribution in [3.8, 4) is 0 Å². The number of benzene rings is 3. The maximum absolute atomic E-state index is 12.3. The average Bonchev–Trinajstić information content (AvgIpc) is 4.21. The third-order valence-corrected chi connectivity index (χ3v) is 14.2. The minimum atomic E-state index is -1.07. The van der Waals surface area contributed by atoms with Crippen molar-refractivity contribution in [3.05, 3.63) is 177 Å². The smallest absolute Gasteiger partial charge is 0.411 e. The van der Waals surface area contributed by atoms with Crippen molar-refractivity contribution in [2.24, 2.45) is 0 Å². The van der Waals surface area contributed by atoms with Gasteiger partial charge in [0.25, 0.3) is 0 Å². The Bertz CT molecular complexity index is 3360. The fraction of sp³-hybridized carbons (Fsp3) is 0.311. The Kier molecular flexibility index (Phi) is 15.5. The minimum absolute atomic E-state index is 0.0841. The SMILES string of the molecule is CC(C)(C)OC(=O)N1CC(=O)C1.CC(C)(C)OC(=O)N1CC(O)(c2ccc(C3=Cn4cccc4C(=O)C3)cc2)C1.O=C1CC(c2ccc(Br)cc2)=Cn2cccc21.O=C1CC(c2ccc(C3(O)CNC3)cc2)=Cn2cccc21. The lowest BCUT2D eigenvalue weighted by Gasteiger charge is -2.46. The van der Waals surface area contributed by atoms with E-state index in [4.69, 9.17) is 9.47 Å². The Hall–Kier alpha value is -7.70. The zero-order chi connectivity index (χ0) is 55.7. The van der Waals surface area contributed by atoms with E-state index >= 15 is 0 Å². The fourth-order valence-corrected chi connectivity index (χ4v) is 9.73. The van der Waals surface area contributed by atoms with Crippen LogP contribution in [0.4, 0.5) is 9.59 Å². The molecule has 16 nitrogen and oxygen atoms in total. The Labute approximate surface area is 461 Å². The maximum Gasteiger partial charge on any atom is 0.411 e. The lowest BCUT2D eigenvalue weighted by molar-refractivity contribution is -0.128. The molecule has 3 aromatic carbocycles. The van der Waals surface area contributed by atoms with Crippen LogP contribution in [0.15, 0.2) is 132 Å². The lowest BCUT2D eigenvalue weighted by Crippen LogP contribution is -2.61. The van der Waals surface area contributed by atoms with Gasteiger partial charge in [0, 0.05) is 74.0 Å². The number of ketones is 4. The number of hydrogen-bond acceptors (Lipinski definition) is 11. The predicted octanol–water partition coefficient (Wildman–Crippen LogP) is 10.0. The molecule has 0 bridgehead atoms. The second-order valence-electron chi connectivity index (χ2n) is 22.2. The molecule has 3 fully saturated rings. The van der Waals surface area contributed by atoms with Crippen molar-refractivity contribution in [1.82, 2.24) is 28.8 Å². The fourth-order valence-electron chi connectivity index (χ4n) is 9.47. The van der Waals surface area contributed by atoms with E-state index in [1.54, 1.807) is 20.8 Å². The predicted molar refractivity (Wildman–Crippen MR) is 301 cm³/mol. The van der Waals surface area contributed by atoms with Crippen LogP contribution in [0.5, 0.6) is 0 Å². The number of halogens is 1. The number of amides is 2. The van der Waals surface area contributed by atoms with Crippen molar-refractivity contribution in [1.29, 1.82) is 0 Å². The molecule has 0 aliphatic carbocycles. The number of β-amino-alcohol motifs (C(OH)–C–C–N with tert-alkyl or cyclic N) is 2. The number of aliphatic hydroxyl groups is 2. The number of rotatable bonds is 5. The first-order valence-electron chi connectivity index (χ1n) is 25.8. The summed E-state index contributed by atoms with van der Waals surface area (Å²) in [7, 11) is 0. The van der Waals surface area contributed by atoms with E-state index in [1.165, 1.54) is 9.80 Å². The Morgan fingerprint density at radius 3 is 1.19 bits per heavy atom. The van der Waals surface area contributed by atoms with Crippen LogP contribution in [0, 0.1) is 0 Å². The third kappa shape index (κ3) is 12.7. The van der Waals surface area contributed by atoms with E-state index in [0.29, 0.717) is 38.0 Å². The van der Waals surface area contributed by atoms with Crippen molar-refractivity contribution in [3.63, 3.8) is 0 Å². The molecule has 3 saturated heterocycles. The van der Waals surface area contributed by atoms with Crippen molar-refractivity contribution in [2.75, 3.05) is 39.3 Å². The van der Waals surface area contributed by atoms with Crippen LogP contribution < -0.4 is 5.32 Å². The molecule has 3 N–H and O–H groups in total. The highest BCUT2D eigenvalue weighted by Crippen LogP contribution is 2.36. The molecule has 78 heavy (non-hydrogen) atoms. The van der Waals surface area contributed by atoms with Gasteiger partial charge >= 0.3 is 12.2 Å². The molecule has 9 heterocycles. The highest BCUT2D eigenvalue weighted by atomic mass is 79.9. The normalized spacial score (nSPS) is 17.6. The first-order chi connectivity index (χ1) is 36.9. The summed E-state index contributed by atoms with van der Waals surface area (Å²) in [5.74, 6) is 0.497. The van der Waals surface area contributed by atoms with Gasteiger partial charge in [-0.1, -0.05) is 76.6 Å².